The first-order chi connectivity index (χ1) is 6.75. The monoisotopic (exact) mass is 217 g/mol. The van der Waals surface area contributed by atoms with Crippen molar-refractivity contribution < 1.29 is 18.0 Å². The van der Waals surface area contributed by atoms with E-state index in [0.717, 1.165) is 6.07 Å². The van der Waals surface area contributed by atoms with Crippen molar-refractivity contribution in [1.29, 1.82) is 0 Å². The zero-order chi connectivity index (χ0) is 11.8. The number of primary amides is 1. The number of amides is 1. The highest BCUT2D eigenvalue weighted by molar-refractivity contribution is 5.95. The summed E-state index contributed by atoms with van der Waals surface area (Å²) in [5, 5.41) is 0. The van der Waals surface area contributed by atoms with Crippen LogP contribution in [0.4, 0.5) is 13.2 Å². The minimum absolute atomic E-state index is 0.0406. The van der Waals surface area contributed by atoms with Gasteiger partial charge in [-0.2, -0.15) is 13.2 Å². The molecule has 0 saturated carbocycles. The predicted octanol–water partition coefficient (Wildman–Crippen LogP) is 2.42. The molecule has 0 spiro atoms. The van der Waals surface area contributed by atoms with Crippen molar-refractivity contribution in [3.63, 3.8) is 0 Å². The minimum atomic E-state index is -4.56. The van der Waals surface area contributed by atoms with Crippen molar-refractivity contribution in [2.75, 3.05) is 0 Å². The van der Waals surface area contributed by atoms with E-state index in [1.54, 1.807) is 6.92 Å². The molecule has 1 amide bonds. The van der Waals surface area contributed by atoms with Crippen LogP contribution in [0.5, 0.6) is 0 Å². The molecule has 5 heteroatoms. The molecule has 82 valence electrons. The molecule has 0 aliphatic rings. The number of carbonyl (C=O) groups is 1. The van der Waals surface area contributed by atoms with Gasteiger partial charge in [-0.3, -0.25) is 4.79 Å². The van der Waals surface area contributed by atoms with Gasteiger partial charge in [0, 0.05) is 0 Å². The van der Waals surface area contributed by atoms with Crippen LogP contribution in [0.2, 0.25) is 0 Å². The van der Waals surface area contributed by atoms with Gasteiger partial charge in [0.15, 0.2) is 0 Å². The Balaban J connectivity index is 3.57. The fourth-order valence-electron chi connectivity index (χ4n) is 1.39. The topological polar surface area (TPSA) is 43.1 Å². The summed E-state index contributed by atoms with van der Waals surface area (Å²) in [7, 11) is 0. The SMILES string of the molecule is Cc1ccc(C(N)=O)c(C(F)(F)F)c1C. The summed E-state index contributed by atoms with van der Waals surface area (Å²) >= 11 is 0. The largest absolute Gasteiger partial charge is 0.417 e. The first kappa shape index (κ1) is 11.6. The van der Waals surface area contributed by atoms with Gasteiger partial charge >= 0.3 is 6.18 Å². The number of alkyl halides is 3. The Labute approximate surface area is 84.9 Å². The molecular formula is C10H10F3NO. The zero-order valence-corrected chi connectivity index (χ0v) is 8.27. The van der Waals surface area contributed by atoms with Gasteiger partial charge in [-0.15, -0.1) is 0 Å². The van der Waals surface area contributed by atoms with Gasteiger partial charge in [-0.1, -0.05) is 6.07 Å². The summed E-state index contributed by atoms with van der Waals surface area (Å²) in [6.45, 7) is 2.87. The highest BCUT2D eigenvalue weighted by Crippen LogP contribution is 2.35. The molecule has 0 heterocycles. The number of nitrogens with two attached hydrogens (primary N) is 1. The molecule has 1 aromatic carbocycles. The van der Waals surface area contributed by atoms with Crippen molar-refractivity contribution in [2.24, 2.45) is 5.73 Å². The maximum Gasteiger partial charge on any atom is 0.417 e. The Hall–Kier alpha value is -1.52. The third-order valence-electron chi connectivity index (χ3n) is 2.28. The normalized spacial score (nSPS) is 11.5. The third kappa shape index (κ3) is 2.11. The second kappa shape index (κ2) is 3.56. The number of aryl methyl sites for hydroxylation is 1. The van der Waals surface area contributed by atoms with E-state index in [9.17, 15) is 18.0 Å². The van der Waals surface area contributed by atoms with E-state index in [1.165, 1.54) is 13.0 Å². The van der Waals surface area contributed by atoms with Crippen molar-refractivity contribution in [3.8, 4) is 0 Å². The molecule has 2 nitrogen and oxygen atoms in total. The van der Waals surface area contributed by atoms with Crippen molar-refractivity contribution in [3.05, 3.63) is 34.4 Å². The maximum absolute atomic E-state index is 12.6. The fraction of sp³-hybridized carbons (Fsp3) is 0.300. The van der Waals surface area contributed by atoms with E-state index in [4.69, 9.17) is 5.73 Å². The quantitative estimate of drug-likeness (QED) is 0.771. The molecule has 0 fully saturated rings. The molecule has 1 rings (SSSR count). The highest BCUT2D eigenvalue weighted by atomic mass is 19.4. The van der Waals surface area contributed by atoms with Crippen molar-refractivity contribution in [2.45, 2.75) is 20.0 Å². The molecule has 0 bridgehead atoms. The Bertz CT molecular complexity index is 410. The number of hydrogen-bond acceptors (Lipinski definition) is 1. The fourth-order valence-corrected chi connectivity index (χ4v) is 1.39. The zero-order valence-electron chi connectivity index (χ0n) is 8.27. The van der Waals surface area contributed by atoms with Gasteiger partial charge in [-0.05, 0) is 31.0 Å². The Morgan fingerprint density at radius 3 is 2.20 bits per heavy atom. The van der Waals surface area contributed by atoms with Gasteiger partial charge in [-0.25, -0.2) is 0 Å². The van der Waals surface area contributed by atoms with Crippen molar-refractivity contribution in [1.82, 2.24) is 0 Å². The molecule has 15 heavy (non-hydrogen) atoms. The van der Waals surface area contributed by atoms with Crippen LogP contribution in [-0.2, 0) is 6.18 Å². The average Bonchev–Trinajstić information content (AvgIpc) is 2.06. The van der Waals surface area contributed by atoms with E-state index >= 15 is 0 Å². The first-order valence-corrected chi connectivity index (χ1v) is 4.22. The summed E-state index contributed by atoms with van der Waals surface area (Å²) in [4.78, 5) is 10.9. The van der Waals surface area contributed by atoms with Crippen LogP contribution < -0.4 is 5.73 Å². The average molecular weight is 217 g/mol. The molecular weight excluding hydrogens is 207 g/mol. The lowest BCUT2D eigenvalue weighted by Gasteiger charge is -2.15. The van der Waals surface area contributed by atoms with E-state index in [0.29, 0.717) is 5.56 Å². The molecule has 0 unspecified atom stereocenters. The van der Waals surface area contributed by atoms with Gasteiger partial charge < -0.3 is 5.73 Å². The summed E-state index contributed by atoms with van der Waals surface area (Å²) < 4.78 is 37.9. The van der Waals surface area contributed by atoms with Gasteiger partial charge in [0.2, 0.25) is 5.91 Å². The van der Waals surface area contributed by atoms with Gasteiger partial charge in [0.25, 0.3) is 0 Å². The number of carbonyl (C=O) groups excluding carboxylic acids is 1. The Kier molecular flexibility index (Phi) is 2.75. The van der Waals surface area contributed by atoms with Crippen LogP contribution in [0.25, 0.3) is 0 Å². The summed E-state index contributed by atoms with van der Waals surface area (Å²) in [6, 6.07) is 2.55. The van der Waals surface area contributed by atoms with E-state index in [-0.39, 0.29) is 5.56 Å². The number of rotatable bonds is 1. The number of halogens is 3. The van der Waals surface area contributed by atoms with Crippen LogP contribution in [0.1, 0.15) is 27.0 Å². The molecule has 0 aromatic heterocycles. The summed E-state index contributed by atoms with van der Waals surface area (Å²) in [6.07, 6.45) is -4.56. The third-order valence-corrected chi connectivity index (χ3v) is 2.28. The van der Waals surface area contributed by atoms with Gasteiger partial charge in [0.05, 0.1) is 11.1 Å². The molecule has 1 aromatic rings. The molecule has 0 radical (unpaired) electrons. The lowest BCUT2D eigenvalue weighted by molar-refractivity contribution is -0.138. The standard InChI is InChI=1S/C10H10F3NO/c1-5-3-4-7(9(14)15)8(6(5)2)10(11,12)13/h3-4H,1-2H3,(H2,14,15). The molecule has 0 aliphatic carbocycles. The molecule has 0 saturated heterocycles. The summed E-state index contributed by atoms with van der Waals surface area (Å²) in [5.41, 5.74) is 3.99. The van der Waals surface area contributed by atoms with E-state index in [1.807, 2.05) is 0 Å². The Morgan fingerprint density at radius 2 is 1.80 bits per heavy atom. The molecule has 2 N–H and O–H groups in total. The smallest absolute Gasteiger partial charge is 0.366 e. The van der Waals surface area contributed by atoms with Crippen LogP contribution in [0.3, 0.4) is 0 Å². The van der Waals surface area contributed by atoms with Crippen molar-refractivity contribution >= 4 is 5.91 Å². The van der Waals surface area contributed by atoms with Crippen LogP contribution >= 0.6 is 0 Å². The second-order valence-corrected chi connectivity index (χ2v) is 3.29. The number of benzene rings is 1. The van der Waals surface area contributed by atoms with E-state index in [2.05, 4.69) is 0 Å². The lowest BCUT2D eigenvalue weighted by atomic mass is 9.97. The Morgan fingerprint density at radius 1 is 1.27 bits per heavy atom. The maximum atomic E-state index is 12.6. The lowest BCUT2D eigenvalue weighted by Crippen LogP contribution is -2.20. The van der Waals surface area contributed by atoms with Crippen LogP contribution in [-0.4, -0.2) is 5.91 Å². The number of hydrogen-bond donors (Lipinski definition) is 1. The minimum Gasteiger partial charge on any atom is -0.366 e. The highest BCUT2D eigenvalue weighted by Gasteiger charge is 2.36. The summed E-state index contributed by atoms with van der Waals surface area (Å²) in [5.74, 6) is -1.06. The van der Waals surface area contributed by atoms with Gasteiger partial charge in [0.1, 0.15) is 0 Å². The first-order valence-electron chi connectivity index (χ1n) is 4.22. The molecule has 0 atom stereocenters. The molecule has 0 aliphatic heterocycles. The van der Waals surface area contributed by atoms with Crippen LogP contribution in [0, 0.1) is 13.8 Å². The van der Waals surface area contributed by atoms with E-state index < -0.39 is 23.2 Å². The van der Waals surface area contributed by atoms with Crippen LogP contribution in [0.15, 0.2) is 12.1 Å². The second-order valence-electron chi connectivity index (χ2n) is 3.29. The predicted molar refractivity (Wildman–Crippen MR) is 49.4 cm³/mol.